The smallest absolute Gasteiger partial charge is 0.321 e. The maximum Gasteiger partial charge on any atom is 0.321 e. The number of ether oxygens (including phenoxy) is 1. The Bertz CT molecular complexity index is 1030. The minimum atomic E-state index is -0.0133. The summed E-state index contributed by atoms with van der Waals surface area (Å²) in [5.41, 5.74) is 2.87. The third-order valence-corrected chi connectivity index (χ3v) is 4.05. The molecule has 4 aromatic rings. The van der Waals surface area contributed by atoms with Crippen LogP contribution in [0.15, 0.2) is 53.1 Å². The van der Waals surface area contributed by atoms with Gasteiger partial charge in [-0.15, -0.1) is 0 Å². The number of rotatable bonds is 6. The zero-order valence-electron chi connectivity index (χ0n) is 14.4. The van der Waals surface area contributed by atoms with Gasteiger partial charge in [0.1, 0.15) is 5.75 Å². The summed E-state index contributed by atoms with van der Waals surface area (Å²) < 4.78 is 10.9. The van der Waals surface area contributed by atoms with Gasteiger partial charge in [0.15, 0.2) is 0 Å². The molecule has 0 saturated carbocycles. The first-order valence-corrected chi connectivity index (χ1v) is 8.15. The molecule has 2 aromatic carbocycles. The van der Waals surface area contributed by atoms with Crippen molar-refractivity contribution in [1.82, 2.24) is 20.4 Å². The first kappa shape index (κ1) is 15.9. The Kier molecular flexibility index (Phi) is 4.14. The van der Waals surface area contributed by atoms with Crippen molar-refractivity contribution in [3.63, 3.8) is 0 Å². The molecule has 8 nitrogen and oxygen atoms in total. The Morgan fingerprint density at radius 3 is 2.88 bits per heavy atom. The van der Waals surface area contributed by atoms with Crippen molar-refractivity contribution >= 4 is 28.6 Å². The van der Waals surface area contributed by atoms with E-state index in [4.69, 9.17) is 9.15 Å². The number of benzene rings is 2. The van der Waals surface area contributed by atoms with Crippen molar-refractivity contribution in [3.05, 3.63) is 54.2 Å². The van der Waals surface area contributed by atoms with Crippen LogP contribution in [-0.4, -0.2) is 27.5 Å². The van der Waals surface area contributed by atoms with Crippen molar-refractivity contribution in [2.24, 2.45) is 0 Å². The number of hydrogen-bond donors (Lipinski definition) is 3. The Morgan fingerprint density at radius 1 is 1.12 bits per heavy atom. The summed E-state index contributed by atoms with van der Waals surface area (Å²) >= 11 is 0. The molecule has 1 atom stereocenters. The van der Waals surface area contributed by atoms with Crippen LogP contribution < -0.4 is 15.4 Å². The van der Waals surface area contributed by atoms with Gasteiger partial charge < -0.3 is 19.8 Å². The maximum absolute atomic E-state index is 5.63. The molecule has 26 heavy (non-hydrogen) atoms. The van der Waals surface area contributed by atoms with Gasteiger partial charge in [-0.1, -0.05) is 22.3 Å². The first-order valence-electron chi connectivity index (χ1n) is 8.15. The van der Waals surface area contributed by atoms with E-state index in [0.29, 0.717) is 12.0 Å². The summed E-state index contributed by atoms with van der Waals surface area (Å²) in [6.07, 6.45) is 1.76. The van der Waals surface area contributed by atoms with E-state index in [1.165, 1.54) is 0 Å². The van der Waals surface area contributed by atoms with Crippen LogP contribution in [0.5, 0.6) is 5.75 Å². The summed E-state index contributed by atoms with van der Waals surface area (Å²) in [4.78, 5) is 0. The third-order valence-electron chi connectivity index (χ3n) is 4.05. The predicted molar refractivity (Wildman–Crippen MR) is 98.7 cm³/mol. The fourth-order valence-electron chi connectivity index (χ4n) is 2.66. The number of fused-ring (bicyclic) bond motifs is 1. The Morgan fingerprint density at radius 2 is 2.00 bits per heavy atom. The zero-order valence-corrected chi connectivity index (χ0v) is 14.4. The number of nitrogens with one attached hydrogen (secondary N) is 3. The van der Waals surface area contributed by atoms with E-state index in [1.54, 1.807) is 13.3 Å². The molecule has 8 heteroatoms. The van der Waals surface area contributed by atoms with Crippen molar-refractivity contribution in [2.75, 3.05) is 17.7 Å². The molecule has 0 fully saturated rings. The fourth-order valence-corrected chi connectivity index (χ4v) is 2.66. The molecule has 0 bridgehead atoms. The number of anilines is 3. The Balaban J connectivity index is 1.45. The average molecular weight is 350 g/mol. The van der Waals surface area contributed by atoms with Gasteiger partial charge in [-0.05, 0) is 42.8 Å². The van der Waals surface area contributed by atoms with E-state index >= 15 is 0 Å². The Hall–Kier alpha value is -3.55. The molecule has 0 radical (unpaired) electrons. The lowest BCUT2D eigenvalue weighted by atomic mass is 10.1. The summed E-state index contributed by atoms with van der Waals surface area (Å²) in [5, 5.41) is 22.3. The highest BCUT2D eigenvalue weighted by atomic mass is 16.5. The van der Waals surface area contributed by atoms with Crippen molar-refractivity contribution in [2.45, 2.75) is 13.0 Å². The van der Waals surface area contributed by atoms with Gasteiger partial charge in [0.2, 0.25) is 0 Å². The number of aromatic amines is 1. The predicted octanol–water partition coefficient (Wildman–Crippen LogP) is 3.87. The second-order valence-electron chi connectivity index (χ2n) is 5.85. The minimum Gasteiger partial charge on any atom is -0.497 e. The number of nitrogens with zero attached hydrogens (tertiary/aromatic N) is 3. The molecule has 0 unspecified atom stereocenters. The normalized spacial score (nSPS) is 12.1. The number of H-pyrrole nitrogens is 1. The highest BCUT2D eigenvalue weighted by molar-refractivity contribution is 5.82. The summed E-state index contributed by atoms with van der Waals surface area (Å²) in [6.45, 7) is 2.01. The first-order chi connectivity index (χ1) is 12.7. The zero-order chi connectivity index (χ0) is 17.9. The number of aromatic nitrogens is 4. The highest BCUT2D eigenvalue weighted by Gasteiger charge is 2.12. The summed E-state index contributed by atoms with van der Waals surface area (Å²) in [5.74, 6) is 0.804. The summed E-state index contributed by atoms with van der Waals surface area (Å²) in [7, 11) is 1.65. The molecule has 2 aromatic heterocycles. The highest BCUT2D eigenvalue weighted by Crippen LogP contribution is 2.24. The van der Waals surface area contributed by atoms with Crippen LogP contribution >= 0.6 is 0 Å². The van der Waals surface area contributed by atoms with E-state index in [9.17, 15) is 0 Å². The molecule has 0 aliphatic heterocycles. The fraction of sp³-hybridized carbons (Fsp3) is 0.167. The van der Waals surface area contributed by atoms with Gasteiger partial charge >= 0.3 is 12.0 Å². The quantitative estimate of drug-likeness (QED) is 0.485. The lowest BCUT2D eigenvalue weighted by Gasteiger charge is -2.13. The van der Waals surface area contributed by atoms with E-state index in [-0.39, 0.29) is 6.04 Å². The molecular formula is C18H18N6O2. The second kappa shape index (κ2) is 6.75. The SMILES string of the molecule is COc1cccc([C@@H](C)Nc2nnc(Nc3ccc4[nH]ncc4c3)o2)c1. The molecule has 2 heterocycles. The Labute approximate surface area is 149 Å². The van der Waals surface area contributed by atoms with Crippen LogP contribution in [0.3, 0.4) is 0 Å². The molecule has 0 amide bonds. The van der Waals surface area contributed by atoms with Crippen LogP contribution in [0.4, 0.5) is 17.7 Å². The third kappa shape index (κ3) is 3.30. The minimum absolute atomic E-state index is 0.0133. The molecule has 132 valence electrons. The number of methoxy groups -OCH3 is 1. The lowest BCUT2D eigenvalue weighted by Crippen LogP contribution is -2.06. The van der Waals surface area contributed by atoms with Crippen LogP contribution in [0, 0.1) is 0 Å². The molecule has 4 rings (SSSR count). The monoisotopic (exact) mass is 350 g/mol. The topological polar surface area (TPSA) is 101 Å². The lowest BCUT2D eigenvalue weighted by molar-refractivity contribution is 0.414. The average Bonchev–Trinajstić information content (AvgIpc) is 3.30. The van der Waals surface area contributed by atoms with Gasteiger partial charge in [-0.3, -0.25) is 5.10 Å². The van der Waals surface area contributed by atoms with E-state index < -0.39 is 0 Å². The van der Waals surface area contributed by atoms with Gasteiger partial charge in [-0.2, -0.15) is 5.10 Å². The van der Waals surface area contributed by atoms with Gasteiger partial charge in [-0.25, -0.2) is 0 Å². The second-order valence-corrected chi connectivity index (χ2v) is 5.85. The van der Waals surface area contributed by atoms with Crippen molar-refractivity contribution in [1.29, 1.82) is 0 Å². The maximum atomic E-state index is 5.63. The molecule has 0 saturated heterocycles. The van der Waals surface area contributed by atoms with Gasteiger partial charge in [0.25, 0.3) is 0 Å². The number of hydrogen-bond acceptors (Lipinski definition) is 7. The molecule has 0 aliphatic rings. The van der Waals surface area contributed by atoms with E-state index in [0.717, 1.165) is 27.9 Å². The molecular weight excluding hydrogens is 332 g/mol. The molecule has 0 aliphatic carbocycles. The van der Waals surface area contributed by atoms with Gasteiger partial charge in [0, 0.05) is 11.1 Å². The largest absolute Gasteiger partial charge is 0.497 e. The van der Waals surface area contributed by atoms with Crippen LogP contribution in [-0.2, 0) is 0 Å². The van der Waals surface area contributed by atoms with E-state index in [2.05, 4.69) is 31.0 Å². The van der Waals surface area contributed by atoms with Crippen molar-refractivity contribution < 1.29 is 9.15 Å². The van der Waals surface area contributed by atoms with Crippen LogP contribution in [0.1, 0.15) is 18.5 Å². The van der Waals surface area contributed by atoms with Crippen LogP contribution in [0.25, 0.3) is 10.9 Å². The summed E-state index contributed by atoms with van der Waals surface area (Å²) in [6, 6.07) is 14.3. The standard InChI is InChI=1S/C18H18N6O2/c1-11(12-4-3-5-15(9-12)25-2)20-17-23-24-18(26-17)21-14-6-7-16-13(8-14)10-19-22-16/h3-11H,1-2H3,(H,19,22)(H,20,23)(H,21,24)/t11-/m1/s1. The van der Waals surface area contributed by atoms with Crippen molar-refractivity contribution in [3.8, 4) is 5.75 Å². The van der Waals surface area contributed by atoms with E-state index in [1.807, 2.05) is 49.4 Å². The van der Waals surface area contributed by atoms with Crippen LogP contribution in [0.2, 0.25) is 0 Å². The molecule has 3 N–H and O–H groups in total. The molecule has 0 spiro atoms. The van der Waals surface area contributed by atoms with Gasteiger partial charge in [0.05, 0.1) is 24.9 Å².